The molecule has 2 atom stereocenters. The maximum Gasteiger partial charge on any atom is 0.326 e. The summed E-state index contributed by atoms with van der Waals surface area (Å²) in [6.07, 6.45) is 2.26. The molecule has 0 radical (unpaired) electrons. The zero-order valence-corrected chi connectivity index (χ0v) is 13.2. The summed E-state index contributed by atoms with van der Waals surface area (Å²) in [5, 5.41) is 0. The van der Waals surface area contributed by atoms with Crippen molar-refractivity contribution in [3.63, 3.8) is 0 Å². The minimum Gasteiger partial charge on any atom is -0.306 e. The first-order chi connectivity index (χ1) is 9.99. The van der Waals surface area contributed by atoms with Crippen molar-refractivity contribution in [3.05, 3.63) is 45.9 Å². The first kappa shape index (κ1) is 14.1. The van der Waals surface area contributed by atoms with Gasteiger partial charge >= 0.3 is 5.69 Å². The number of nitrogens with zero attached hydrogens (tertiary/aromatic N) is 2. The fraction of sp³-hybridized carbons (Fsp3) is 0.471. The van der Waals surface area contributed by atoms with E-state index in [1.807, 2.05) is 16.7 Å². The molecule has 0 bridgehead atoms. The number of aromatic amines is 1. The zero-order valence-electron chi connectivity index (χ0n) is 13.2. The molecular weight excluding hydrogens is 262 g/mol. The van der Waals surface area contributed by atoms with Gasteiger partial charge in [-0.1, -0.05) is 23.8 Å². The molecule has 4 nitrogen and oxygen atoms in total. The molecule has 2 aromatic rings. The summed E-state index contributed by atoms with van der Waals surface area (Å²) in [4.78, 5) is 17.7. The van der Waals surface area contributed by atoms with E-state index in [-0.39, 0.29) is 11.7 Å². The van der Waals surface area contributed by atoms with E-state index in [4.69, 9.17) is 0 Å². The Morgan fingerprint density at radius 1 is 1.33 bits per heavy atom. The van der Waals surface area contributed by atoms with E-state index in [1.165, 1.54) is 11.1 Å². The Labute approximate surface area is 125 Å². The molecule has 1 aliphatic rings. The van der Waals surface area contributed by atoms with Crippen LogP contribution < -0.4 is 5.69 Å². The number of rotatable bonds is 2. The number of hydrogen-bond donors (Lipinski definition) is 1. The molecule has 1 aromatic carbocycles. The number of allylic oxidation sites excluding steroid dienone is 1. The van der Waals surface area contributed by atoms with Crippen LogP contribution >= 0.6 is 0 Å². The summed E-state index contributed by atoms with van der Waals surface area (Å²) < 4.78 is 1.93. The quantitative estimate of drug-likeness (QED) is 0.862. The van der Waals surface area contributed by atoms with Crippen molar-refractivity contribution in [3.8, 4) is 0 Å². The van der Waals surface area contributed by atoms with Crippen LogP contribution in [0.25, 0.3) is 11.0 Å². The van der Waals surface area contributed by atoms with E-state index >= 15 is 0 Å². The summed E-state index contributed by atoms with van der Waals surface area (Å²) >= 11 is 0. The second-order valence-corrected chi connectivity index (χ2v) is 6.31. The van der Waals surface area contributed by atoms with Gasteiger partial charge in [-0.3, -0.25) is 9.47 Å². The number of benzene rings is 1. The Morgan fingerprint density at radius 2 is 2.10 bits per heavy atom. The van der Waals surface area contributed by atoms with Gasteiger partial charge in [-0.2, -0.15) is 0 Å². The third kappa shape index (κ3) is 2.33. The van der Waals surface area contributed by atoms with Gasteiger partial charge in [0.05, 0.1) is 17.1 Å². The van der Waals surface area contributed by atoms with Gasteiger partial charge < -0.3 is 4.98 Å². The predicted molar refractivity (Wildman–Crippen MR) is 86.6 cm³/mol. The minimum atomic E-state index is 0.000800. The Morgan fingerprint density at radius 3 is 2.81 bits per heavy atom. The molecule has 0 spiro atoms. The van der Waals surface area contributed by atoms with Crippen molar-refractivity contribution in [2.45, 2.75) is 46.3 Å². The normalized spacial score (nSPS) is 22.3. The van der Waals surface area contributed by atoms with Gasteiger partial charge in [0.1, 0.15) is 0 Å². The van der Waals surface area contributed by atoms with E-state index in [0.717, 1.165) is 24.1 Å². The summed E-state index contributed by atoms with van der Waals surface area (Å²) in [6, 6.07) is 6.61. The van der Waals surface area contributed by atoms with Crippen LogP contribution in [-0.4, -0.2) is 27.0 Å². The molecule has 0 fully saturated rings. The van der Waals surface area contributed by atoms with Crippen LogP contribution in [0.2, 0.25) is 0 Å². The molecule has 0 saturated carbocycles. The van der Waals surface area contributed by atoms with E-state index in [9.17, 15) is 4.79 Å². The summed E-state index contributed by atoms with van der Waals surface area (Å²) in [5.41, 5.74) is 4.57. The third-order valence-electron chi connectivity index (χ3n) is 4.61. The lowest BCUT2D eigenvalue weighted by atomic mass is 10.1. The number of aromatic nitrogens is 2. The summed E-state index contributed by atoms with van der Waals surface area (Å²) in [5.74, 6) is 0. The van der Waals surface area contributed by atoms with Gasteiger partial charge in [-0.05, 0) is 39.3 Å². The fourth-order valence-corrected chi connectivity index (χ4v) is 3.18. The third-order valence-corrected chi connectivity index (χ3v) is 4.61. The summed E-state index contributed by atoms with van der Waals surface area (Å²) in [7, 11) is 0. The highest BCUT2D eigenvalue weighted by atomic mass is 16.1. The lowest BCUT2D eigenvalue weighted by Gasteiger charge is -2.30. The number of nitrogens with one attached hydrogen (secondary N) is 1. The Balaban J connectivity index is 2.13. The average Bonchev–Trinajstić information content (AvgIpc) is 2.72. The van der Waals surface area contributed by atoms with E-state index in [0.29, 0.717) is 6.04 Å². The van der Waals surface area contributed by atoms with Crippen LogP contribution in [0.15, 0.2) is 34.6 Å². The molecule has 4 heteroatoms. The molecule has 0 amide bonds. The highest BCUT2D eigenvalue weighted by Gasteiger charge is 2.28. The Kier molecular flexibility index (Phi) is 3.49. The second-order valence-electron chi connectivity index (χ2n) is 6.31. The van der Waals surface area contributed by atoms with Crippen molar-refractivity contribution < 1.29 is 0 Å². The maximum atomic E-state index is 12.3. The van der Waals surface area contributed by atoms with Crippen LogP contribution in [0.3, 0.4) is 0 Å². The van der Waals surface area contributed by atoms with Gasteiger partial charge in [-0.25, -0.2) is 4.79 Å². The maximum absolute atomic E-state index is 12.3. The lowest BCUT2D eigenvalue weighted by Crippen LogP contribution is -2.38. The topological polar surface area (TPSA) is 41.0 Å². The van der Waals surface area contributed by atoms with Crippen LogP contribution in [0.1, 0.15) is 39.3 Å². The van der Waals surface area contributed by atoms with E-state index in [1.54, 1.807) is 0 Å². The van der Waals surface area contributed by atoms with Crippen molar-refractivity contribution in [2.24, 2.45) is 0 Å². The molecule has 112 valence electrons. The first-order valence-electron chi connectivity index (χ1n) is 7.58. The molecule has 3 rings (SSSR count). The Hall–Kier alpha value is -1.81. The number of imidazole rings is 1. The average molecular weight is 285 g/mol. The fourth-order valence-electron chi connectivity index (χ4n) is 3.18. The van der Waals surface area contributed by atoms with Crippen molar-refractivity contribution in [1.82, 2.24) is 14.5 Å². The monoisotopic (exact) mass is 285 g/mol. The molecule has 2 unspecified atom stereocenters. The SMILES string of the molecule is CC(C)=CCN1Cc2cccc3[nH]c(=O)n(c23)C(C)C1C. The minimum absolute atomic E-state index is 0.000800. The van der Waals surface area contributed by atoms with E-state index < -0.39 is 0 Å². The first-order valence-corrected chi connectivity index (χ1v) is 7.58. The number of H-pyrrole nitrogens is 1. The van der Waals surface area contributed by atoms with Crippen molar-refractivity contribution in [1.29, 1.82) is 0 Å². The van der Waals surface area contributed by atoms with Gasteiger partial charge in [-0.15, -0.1) is 0 Å². The van der Waals surface area contributed by atoms with Crippen molar-refractivity contribution in [2.75, 3.05) is 6.54 Å². The highest BCUT2D eigenvalue weighted by Crippen LogP contribution is 2.29. The zero-order chi connectivity index (χ0) is 15.1. The molecule has 0 saturated heterocycles. The molecule has 2 heterocycles. The van der Waals surface area contributed by atoms with Gasteiger partial charge in [0, 0.05) is 19.1 Å². The predicted octanol–water partition coefficient (Wildman–Crippen LogP) is 3.06. The highest BCUT2D eigenvalue weighted by molar-refractivity contribution is 5.79. The standard InChI is InChI=1S/C17H23N3O/c1-11(2)8-9-19-10-14-6-5-7-15-16(14)20(17(21)18-15)13(4)12(19)3/h5-8,12-13H,9-10H2,1-4H3,(H,18,21). The molecule has 1 aliphatic heterocycles. The van der Waals surface area contributed by atoms with Crippen molar-refractivity contribution >= 4 is 11.0 Å². The smallest absolute Gasteiger partial charge is 0.306 e. The summed E-state index contributed by atoms with van der Waals surface area (Å²) in [6.45, 7) is 10.4. The van der Waals surface area contributed by atoms with E-state index in [2.05, 4.69) is 49.7 Å². The Bertz CT molecular complexity index is 749. The molecule has 1 N–H and O–H groups in total. The number of hydrogen-bond acceptors (Lipinski definition) is 2. The van der Waals surface area contributed by atoms with Gasteiger partial charge in [0.25, 0.3) is 0 Å². The number of para-hydroxylation sites is 1. The lowest BCUT2D eigenvalue weighted by molar-refractivity contribution is 0.180. The molecule has 21 heavy (non-hydrogen) atoms. The molecule has 0 aliphatic carbocycles. The van der Waals surface area contributed by atoms with Crippen LogP contribution in [-0.2, 0) is 6.54 Å². The van der Waals surface area contributed by atoms with Crippen LogP contribution in [0.5, 0.6) is 0 Å². The van der Waals surface area contributed by atoms with Crippen LogP contribution in [0, 0.1) is 0 Å². The second kappa shape index (κ2) is 5.19. The molecular formula is C17H23N3O. The largest absolute Gasteiger partial charge is 0.326 e. The van der Waals surface area contributed by atoms with Gasteiger partial charge in [0.15, 0.2) is 0 Å². The van der Waals surface area contributed by atoms with Crippen LogP contribution in [0.4, 0.5) is 0 Å². The molecule has 1 aromatic heterocycles. The van der Waals surface area contributed by atoms with Gasteiger partial charge in [0.2, 0.25) is 0 Å².